The standard InChI is InChI=1S/C21H30N2O7S/c1-15(2)19(20(24)23-8-6-21(7-9-23)29-12-13-30-21)22-31(25,26)16-4-5-17-18(14-16)28-11-3-10-27-17/h4-5,14-15,19,22H,3,6-13H2,1-2H3. The van der Waals surface area contributed by atoms with E-state index in [1.165, 1.54) is 12.1 Å². The van der Waals surface area contributed by atoms with Gasteiger partial charge < -0.3 is 23.8 Å². The number of piperidine rings is 1. The van der Waals surface area contributed by atoms with Gasteiger partial charge in [0.1, 0.15) is 6.04 Å². The molecule has 1 atom stereocenters. The zero-order valence-electron chi connectivity index (χ0n) is 18.0. The molecule has 31 heavy (non-hydrogen) atoms. The first kappa shape index (κ1) is 22.3. The molecule has 1 spiro atoms. The van der Waals surface area contributed by atoms with E-state index in [4.69, 9.17) is 18.9 Å². The number of nitrogens with one attached hydrogen (secondary N) is 1. The van der Waals surface area contributed by atoms with Crippen molar-refractivity contribution < 1.29 is 32.2 Å². The van der Waals surface area contributed by atoms with Crippen molar-refractivity contribution in [3.05, 3.63) is 18.2 Å². The van der Waals surface area contributed by atoms with Crippen LogP contribution in [0.3, 0.4) is 0 Å². The highest BCUT2D eigenvalue weighted by molar-refractivity contribution is 7.89. The van der Waals surface area contributed by atoms with Crippen molar-refractivity contribution in [2.75, 3.05) is 39.5 Å². The first-order valence-corrected chi connectivity index (χ1v) is 12.3. The summed E-state index contributed by atoms with van der Waals surface area (Å²) in [6, 6.07) is 3.63. The van der Waals surface area contributed by atoms with Crippen LogP contribution in [-0.4, -0.2) is 70.6 Å². The van der Waals surface area contributed by atoms with Crippen molar-refractivity contribution >= 4 is 15.9 Å². The van der Waals surface area contributed by atoms with Crippen molar-refractivity contribution in [2.24, 2.45) is 5.92 Å². The maximum absolute atomic E-state index is 13.2. The van der Waals surface area contributed by atoms with E-state index in [1.54, 1.807) is 11.0 Å². The summed E-state index contributed by atoms with van der Waals surface area (Å²) in [6.07, 6.45) is 1.89. The van der Waals surface area contributed by atoms with Gasteiger partial charge >= 0.3 is 0 Å². The lowest BCUT2D eigenvalue weighted by atomic mass is 9.99. The Morgan fingerprint density at radius 3 is 2.32 bits per heavy atom. The van der Waals surface area contributed by atoms with Gasteiger partial charge in [0.15, 0.2) is 17.3 Å². The van der Waals surface area contributed by atoms with Crippen LogP contribution in [0.4, 0.5) is 0 Å². The minimum Gasteiger partial charge on any atom is -0.490 e. The summed E-state index contributed by atoms with van der Waals surface area (Å²) in [7, 11) is -3.94. The number of carbonyl (C=O) groups is 1. The van der Waals surface area contributed by atoms with Crippen molar-refractivity contribution in [3.63, 3.8) is 0 Å². The summed E-state index contributed by atoms with van der Waals surface area (Å²) in [4.78, 5) is 14.9. The molecule has 0 aromatic heterocycles. The van der Waals surface area contributed by atoms with Crippen molar-refractivity contribution in [1.82, 2.24) is 9.62 Å². The normalized spacial score (nSPS) is 21.8. The molecule has 0 radical (unpaired) electrons. The van der Waals surface area contributed by atoms with E-state index < -0.39 is 21.9 Å². The topological polar surface area (TPSA) is 103 Å². The Morgan fingerprint density at radius 2 is 1.68 bits per heavy atom. The van der Waals surface area contributed by atoms with Crippen LogP contribution in [0.2, 0.25) is 0 Å². The van der Waals surface area contributed by atoms with Gasteiger partial charge in [-0.3, -0.25) is 4.79 Å². The smallest absolute Gasteiger partial charge is 0.241 e. The Balaban J connectivity index is 1.47. The number of hydrogen-bond donors (Lipinski definition) is 1. The molecule has 1 aromatic carbocycles. The second kappa shape index (κ2) is 8.93. The molecule has 3 aliphatic rings. The molecule has 2 saturated heterocycles. The van der Waals surface area contributed by atoms with Crippen molar-refractivity contribution in [2.45, 2.75) is 49.8 Å². The monoisotopic (exact) mass is 454 g/mol. The molecule has 0 aliphatic carbocycles. The van der Waals surface area contributed by atoms with Crippen LogP contribution in [0.5, 0.6) is 11.5 Å². The average Bonchev–Trinajstić information content (AvgIpc) is 3.06. The molecule has 1 unspecified atom stereocenters. The minimum absolute atomic E-state index is 0.0422. The average molecular weight is 455 g/mol. The van der Waals surface area contributed by atoms with E-state index >= 15 is 0 Å². The molecule has 1 amide bonds. The SMILES string of the molecule is CC(C)C(NS(=O)(=O)c1ccc2c(c1)OCCCO2)C(=O)N1CCC2(CC1)OCCO2. The molecule has 3 aliphatic heterocycles. The van der Waals surface area contributed by atoms with Crippen LogP contribution >= 0.6 is 0 Å². The first-order chi connectivity index (χ1) is 14.8. The van der Waals surface area contributed by atoms with Crippen LogP contribution < -0.4 is 14.2 Å². The van der Waals surface area contributed by atoms with Gasteiger partial charge in [0.2, 0.25) is 15.9 Å². The molecule has 172 valence electrons. The highest BCUT2D eigenvalue weighted by atomic mass is 32.2. The van der Waals surface area contributed by atoms with E-state index in [0.717, 1.165) is 6.42 Å². The van der Waals surface area contributed by atoms with Gasteiger partial charge in [-0.2, -0.15) is 4.72 Å². The number of rotatable bonds is 5. The van der Waals surface area contributed by atoms with Gasteiger partial charge in [-0.05, 0) is 18.1 Å². The lowest BCUT2D eigenvalue weighted by Crippen LogP contribution is -2.55. The maximum atomic E-state index is 13.2. The third-order valence-electron chi connectivity index (χ3n) is 5.89. The molecule has 0 bridgehead atoms. The Hall–Kier alpha value is -1.88. The molecule has 0 saturated carbocycles. The lowest BCUT2D eigenvalue weighted by molar-refractivity contribution is -0.188. The van der Waals surface area contributed by atoms with E-state index in [1.807, 2.05) is 13.8 Å². The minimum atomic E-state index is -3.94. The maximum Gasteiger partial charge on any atom is 0.241 e. The number of sulfonamides is 1. The van der Waals surface area contributed by atoms with Crippen molar-refractivity contribution in [1.29, 1.82) is 0 Å². The molecule has 10 heteroatoms. The van der Waals surface area contributed by atoms with Gasteiger partial charge in [0.25, 0.3) is 0 Å². The number of amides is 1. The zero-order valence-corrected chi connectivity index (χ0v) is 18.8. The predicted octanol–water partition coefficient (Wildman–Crippen LogP) is 1.52. The number of likely N-dealkylation sites (tertiary alicyclic amines) is 1. The van der Waals surface area contributed by atoms with Crippen LogP contribution in [0, 0.1) is 5.92 Å². The lowest BCUT2D eigenvalue weighted by Gasteiger charge is -2.39. The number of ether oxygens (including phenoxy) is 4. The van der Waals surface area contributed by atoms with Crippen LogP contribution in [-0.2, 0) is 24.3 Å². The summed E-state index contributed by atoms with van der Waals surface area (Å²) in [5.74, 6) is -0.136. The fourth-order valence-electron chi connectivity index (χ4n) is 4.07. The molecule has 9 nitrogen and oxygen atoms in total. The van der Waals surface area contributed by atoms with Gasteiger partial charge in [-0.15, -0.1) is 0 Å². The third-order valence-corrected chi connectivity index (χ3v) is 7.33. The highest BCUT2D eigenvalue weighted by Crippen LogP contribution is 2.33. The van der Waals surface area contributed by atoms with Crippen LogP contribution in [0.1, 0.15) is 33.1 Å². The Bertz CT molecular complexity index is 902. The predicted molar refractivity (Wildman–Crippen MR) is 111 cm³/mol. The summed E-state index contributed by atoms with van der Waals surface area (Å²) in [5.41, 5.74) is 0. The summed E-state index contributed by atoms with van der Waals surface area (Å²) < 4.78 is 51.4. The number of carbonyl (C=O) groups excluding carboxylic acids is 1. The number of hydrogen-bond acceptors (Lipinski definition) is 7. The van der Waals surface area contributed by atoms with E-state index in [-0.39, 0.29) is 16.7 Å². The molecule has 3 heterocycles. The van der Waals surface area contributed by atoms with Gasteiger partial charge in [-0.1, -0.05) is 13.8 Å². The largest absolute Gasteiger partial charge is 0.490 e. The fourth-order valence-corrected chi connectivity index (χ4v) is 5.42. The van der Waals surface area contributed by atoms with Crippen molar-refractivity contribution in [3.8, 4) is 11.5 Å². The van der Waals surface area contributed by atoms with Gasteiger partial charge in [0.05, 0.1) is 31.3 Å². The summed E-state index contributed by atoms with van der Waals surface area (Å²) in [5, 5.41) is 0. The number of nitrogens with zero attached hydrogens (tertiary/aromatic N) is 1. The molecule has 2 fully saturated rings. The second-order valence-electron chi connectivity index (χ2n) is 8.43. The van der Waals surface area contributed by atoms with E-state index in [9.17, 15) is 13.2 Å². The fraction of sp³-hybridized carbons (Fsp3) is 0.667. The molecule has 1 N–H and O–H groups in total. The quantitative estimate of drug-likeness (QED) is 0.719. The third kappa shape index (κ3) is 4.82. The van der Waals surface area contributed by atoms with E-state index in [0.29, 0.717) is 63.9 Å². The molecule has 4 rings (SSSR count). The number of benzene rings is 1. The summed E-state index contributed by atoms with van der Waals surface area (Å²) in [6.45, 7) is 6.70. The molecule has 1 aromatic rings. The van der Waals surface area contributed by atoms with E-state index in [2.05, 4.69) is 4.72 Å². The second-order valence-corrected chi connectivity index (χ2v) is 10.1. The van der Waals surface area contributed by atoms with Crippen LogP contribution in [0.15, 0.2) is 23.1 Å². The summed E-state index contributed by atoms with van der Waals surface area (Å²) >= 11 is 0. The first-order valence-electron chi connectivity index (χ1n) is 10.8. The zero-order chi connectivity index (χ0) is 22.1. The Morgan fingerprint density at radius 1 is 1.03 bits per heavy atom. The molecular weight excluding hydrogens is 424 g/mol. The van der Waals surface area contributed by atoms with Crippen LogP contribution in [0.25, 0.3) is 0 Å². The number of fused-ring (bicyclic) bond motifs is 1. The van der Waals surface area contributed by atoms with Gasteiger partial charge in [-0.25, -0.2) is 8.42 Å². The van der Waals surface area contributed by atoms with Gasteiger partial charge in [0, 0.05) is 38.4 Å². The Labute approximate surface area is 183 Å². The Kier molecular flexibility index (Phi) is 6.43. The molecular formula is C21H30N2O7S. The highest BCUT2D eigenvalue weighted by Gasteiger charge is 2.42.